The Bertz CT molecular complexity index is 150. The minimum absolute atomic E-state index is 0.326. The van der Waals surface area contributed by atoms with Crippen molar-refractivity contribution in [1.82, 2.24) is 0 Å². The van der Waals surface area contributed by atoms with E-state index in [1.165, 1.54) is 0 Å². The Morgan fingerprint density at radius 2 is 2.00 bits per heavy atom. The van der Waals surface area contributed by atoms with Gasteiger partial charge in [0, 0.05) is 5.92 Å². The largest absolute Gasteiger partial charge is 0.345 e. The van der Waals surface area contributed by atoms with Crippen LogP contribution in [0, 0.1) is 5.92 Å². The standard InChI is InChI=1S/C8H12F2O2/c9-8(10)12-7-4-2-1-3-6(7)5-11/h5-8H,1-4H2. The smallest absolute Gasteiger partial charge is 0.319 e. The van der Waals surface area contributed by atoms with Crippen molar-refractivity contribution in [3.8, 4) is 0 Å². The Balaban J connectivity index is 2.41. The van der Waals surface area contributed by atoms with Gasteiger partial charge in [0.05, 0.1) is 6.10 Å². The summed E-state index contributed by atoms with van der Waals surface area (Å²) in [6, 6.07) is 0. The molecule has 0 spiro atoms. The molecule has 0 aromatic rings. The van der Waals surface area contributed by atoms with E-state index in [0.717, 1.165) is 19.1 Å². The molecule has 0 saturated heterocycles. The van der Waals surface area contributed by atoms with E-state index in [2.05, 4.69) is 4.74 Å². The number of carbonyl (C=O) groups excluding carboxylic acids is 1. The van der Waals surface area contributed by atoms with Gasteiger partial charge in [0.2, 0.25) is 0 Å². The quantitative estimate of drug-likeness (QED) is 0.618. The molecule has 0 radical (unpaired) electrons. The normalized spacial score (nSPS) is 30.6. The SMILES string of the molecule is O=CC1CCCCC1OC(F)F. The van der Waals surface area contributed by atoms with Gasteiger partial charge in [-0.3, -0.25) is 0 Å². The summed E-state index contributed by atoms with van der Waals surface area (Å²) in [5.41, 5.74) is 0. The van der Waals surface area contributed by atoms with Crippen molar-refractivity contribution in [2.24, 2.45) is 5.92 Å². The third kappa shape index (κ3) is 2.52. The second-order valence-electron chi connectivity index (χ2n) is 3.02. The fourth-order valence-electron chi connectivity index (χ4n) is 1.58. The van der Waals surface area contributed by atoms with E-state index in [1.54, 1.807) is 0 Å². The van der Waals surface area contributed by atoms with E-state index >= 15 is 0 Å². The molecule has 0 aromatic heterocycles. The van der Waals surface area contributed by atoms with E-state index in [-0.39, 0.29) is 5.92 Å². The molecule has 0 aliphatic heterocycles. The van der Waals surface area contributed by atoms with Crippen LogP contribution >= 0.6 is 0 Å². The van der Waals surface area contributed by atoms with Crippen molar-refractivity contribution in [2.45, 2.75) is 38.4 Å². The van der Waals surface area contributed by atoms with Crippen LogP contribution < -0.4 is 0 Å². The number of rotatable bonds is 3. The number of alkyl halides is 2. The molecule has 1 saturated carbocycles. The van der Waals surface area contributed by atoms with E-state index in [1.807, 2.05) is 0 Å². The summed E-state index contributed by atoms with van der Waals surface area (Å²) in [4.78, 5) is 10.4. The third-order valence-corrected chi connectivity index (χ3v) is 2.21. The van der Waals surface area contributed by atoms with Crippen molar-refractivity contribution in [3.05, 3.63) is 0 Å². The maximum Gasteiger partial charge on any atom is 0.345 e. The van der Waals surface area contributed by atoms with Gasteiger partial charge in [0.25, 0.3) is 0 Å². The molecule has 70 valence electrons. The highest BCUT2D eigenvalue weighted by atomic mass is 19.3. The van der Waals surface area contributed by atoms with E-state index in [4.69, 9.17) is 0 Å². The van der Waals surface area contributed by atoms with Crippen LogP contribution in [0.2, 0.25) is 0 Å². The number of aldehydes is 1. The molecule has 4 heteroatoms. The molecular weight excluding hydrogens is 166 g/mol. The topological polar surface area (TPSA) is 26.3 Å². The molecule has 1 aliphatic rings. The van der Waals surface area contributed by atoms with E-state index in [9.17, 15) is 13.6 Å². The molecule has 0 amide bonds. The fourth-order valence-corrected chi connectivity index (χ4v) is 1.58. The summed E-state index contributed by atoms with van der Waals surface area (Å²) < 4.78 is 27.9. The van der Waals surface area contributed by atoms with E-state index in [0.29, 0.717) is 12.8 Å². The van der Waals surface area contributed by atoms with Crippen LogP contribution in [0.1, 0.15) is 25.7 Å². The Labute approximate surface area is 69.9 Å². The van der Waals surface area contributed by atoms with Crippen LogP contribution in [0.4, 0.5) is 8.78 Å². The maximum absolute atomic E-state index is 11.8. The molecule has 0 bridgehead atoms. The summed E-state index contributed by atoms with van der Waals surface area (Å²) >= 11 is 0. The van der Waals surface area contributed by atoms with Crippen LogP contribution in [0.25, 0.3) is 0 Å². The van der Waals surface area contributed by atoms with Gasteiger partial charge in [-0.05, 0) is 12.8 Å². The molecule has 2 atom stereocenters. The summed E-state index contributed by atoms with van der Waals surface area (Å²) in [6.07, 6.45) is 3.24. The van der Waals surface area contributed by atoms with Gasteiger partial charge in [-0.2, -0.15) is 8.78 Å². The zero-order valence-electron chi connectivity index (χ0n) is 6.71. The Morgan fingerprint density at radius 1 is 1.33 bits per heavy atom. The molecule has 0 aromatic carbocycles. The lowest BCUT2D eigenvalue weighted by Crippen LogP contribution is -2.30. The van der Waals surface area contributed by atoms with Gasteiger partial charge in [0.1, 0.15) is 6.29 Å². The number of ether oxygens (including phenoxy) is 1. The van der Waals surface area contributed by atoms with Gasteiger partial charge in [-0.15, -0.1) is 0 Å². The van der Waals surface area contributed by atoms with Gasteiger partial charge in [-0.25, -0.2) is 0 Å². The Kier molecular flexibility index (Phi) is 3.59. The highest BCUT2D eigenvalue weighted by molar-refractivity contribution is 5.54. The maximum atomic E-state index is 11.8. The van der Waals surface area contributed by atoms with Gasteiger partial charge < -0.3 is 9.53 Å². The van der Waals surface area contributed by atoms with Crippen LogP contribution in [-0.4, -0.2) is 19.0 Å². The van der Waals surface area contributed by atoms with Crippen LogP contribution in [-0.2, 0) is 9.53 Å². The van der Waals surface area contributed by atoms with Crippen molar-refractivity contribution < 1.29 is 18.3 Å². The molecular formula is C8H12F2O2. The molecule has 1 aliphatic carbocycles. The Hall–Kier alpha value is -0.510. The summed E-state index contributed by atoms with van der Waals surface area (Å²) in [6.45, 7) is -2.75. The van der Waals surface area contributed by atoms with Crippen molar-refractivity contribution >= 4 is 6.29 Å². The third-order valence-electron chi connectivity index (χ3n) is 2.21. The first-order valence-electron chi connectivity index (χ1n) is 4.13. The first-order valence-corrected chi connectivity index (χ1v) is 4.13. The zero-order chi connectivity index (χ0) is 8.97. The first kappa shape index (κ1) is 9.58. The molecule has 0 heterocycles. The minimum atomic E-state index is -2.75. The molecule has 0 N–H and O–H groups in total. The fraction of sp³-hybridized carbons (Fsp3) is 0.875. The number of carbonyl (C=O) groups is 1. The van der Waals surface area contributed by atoms with Crippen LogP contribution in [0.3, 0.4) is 0 Å². The molecule has 1 rings (SSSR count). The molecule has 2 nitrogen and oxygen atoms in total. The van der Waals surface area contributed by atoms with Crippen molar-refractivity contribution in [2.75, 3.05) is 0 Å². The van der Waals surface area contributed by atoms with Crippen molar-refractivity contribution in [3.63, 3.8) is 0 Å². The number of halogens is 2. The predicted octanol–water partition coefficient (Wildman–Crippen LogP) is 1.98. The summed E-state index contributed by atoms with van der Waals surface area (Å²) in [5.74, 6) is -0.326. The predicted molar refractivity (Wildman–Crippen MR) is 38.9 cm³/mol. The van der Waals surface area contributed by atoms with Crippen LogP contribution in [0.15, 0.2) is 0 Å². The molecule has 2 unspecified atom stereocenters. The molecule has 1 fully saturated rings. The minimum Gasteiger partial charge on any atom is -0.319 e. The lowest BCUT2D eigenvalue weighted by Gasteiger charge is -2.26. The number of hydrogen-bond acceptors (Lipinski definition) is 2. The second-order valence-corrected chi connectivity index (χ2v) is 3.02. The monoisotopic (exact) mass is 178 g/mol. The van der Waals surface area contributed by atoms with E-state index < -0.39 is 12.7 Å². The Morgan fingerprint density at radius 3 is 2.58 bits per heavy atom. The highest BCUT2D eigenvalue weighted by Gasteiger charge is 2.27. The lowest BCUT2D eigenvalue weighted by atomic mass is 9.87. The summed E-state index contributed by atoms with van der Waals surface area (Å²) in [5, 5.41) is 0. The average molecular weight is 178 g/mol. The average Bonchev–Trinajstić information content (AvgIpc) is 2.04. The van der Waals surface area contributed by atoms with Crippen LogP contribution in [0.5, 0.6) is 0 Å². The van der Waals surface area contributed by atoms with Gasteiger partial charge in [-0.1, -0.05) is 12.8 Å². The lowest BCUT2D eigenvalue weighted by molar-refractivity contribution is -0.182. The van der Waals surface area contributed by atoms with Crippen molar-refractivity contribution in [1.29, 1.82) is 0 Å². The second kappa shape index (κ2) is 4.50. The first-order chi connectivity index (χ1) is 5.74. The molecule has 12 heavy (non-hydrogen) atoms. The highest BCUT2D eigenvalue weighted by Crippen LogP contribution is 2.26. The van der Waals surface area contributed by atoms with Gasteiger partial charge >= 0.3 is 6.61 Å². The van der Waals surface area contributed by atoms with Gasteiger partial charge in [0.15, 0.2) is 0 Å². The number of hydrogen-bond donors (Lipinski definition) is 0. The summed E-state index contributed by atoms with van der Waals surface area (Å²) in [7, 11) is 0. The zero-order valence-corrected chi connectivity index (χ0v) is 6.71.